The van der Waals surface area contributed by atoms with E-state index in [0.717, 1.165) is 16.0 Å². The standard InChI is InChI=1S/C18H14ClFN2O2/c1-10-3-4-11(2)14(9-10)21-16-15(19)17(23)22(18(16)24)13-7-5-12(20)6-8-13/h3-9,21H,1-2H3. The average molecular weight is 345 g/mol. The maximum Gasteiger partial charge on any atom is 0.283 e. The fraction of sp³-hybridized carbons (Fsp3) is 0.111. The van der Waals surface area contributed by atoms with E-state index in [0.29, 0.717) is 5.69 Å². The summed E-state index contributed by atoms with van der Waals surface area (Å²) >= 11 is 6.07. The minimum atomic E-state index is -0.638. The Morgan fingerprint density at radius 1 is 1.00 bits per heavy atom. The van der Waals surface area contributed by atoms with E-state index in [4.69, 9.17) is 11.6 Å². The number of carbonyl (C=O) groups is 2. The summed E-state index contributed by atoms with van der Waals surface area (Å²) in [5.41, 5.74) is 2.90. The van der Waals surface area contributed by atoms with E-state index in [9.17, 15) is 14.0 Å². The molecule has 0 aromatic heterocycles. The van der Waals surface area contributed by atoms with Crippen molar-refractivity contribution in [1.29, 1.82) is 0 Å². The first-order valence-corrected chi connectivity index (χ1v) is 7.64. The Labute approximate surface area is 143 Å². The predicted molar refractivity (Wildman–Crippen MR) is 91.3 cm³/mol. The smallest absolute Gasteiger partial charge is 0.283 e. The van der Waals surface area contributed by atoms with E-state index in [1.165, 1.54) is 24.3 Å². The lowest BCUT2D eigenvalue weighted by Crippen LogP contribution is -2.32. The quantitative estimate of drug-likeness (QED) is 0.860. The van der Waals surface area contributed by atoms with Gasteiger partial charge in [0.25, 0.3) is 11.8 Å². The van der Waals surface area contributed by atoms with Crippen molar-refractivity contribution in [2.45, 2.75) is 13.8 Å². The van der Waals surface area contributed by atoms with E-state index in [-0.39, 0.29) is 16.4 Å². The van der Waals surface area contributed by atoms with Gasteiger partial charge in [-0.3, -0.25) is 9.59 Å². The summed E-state index contributed by atoms with van der Waals surface area (Å²) in [6.45, 7) is 3.81. The number of rotatable bonds is 3. The summed E-state index contributed by atoms with van der Waals surface area (Å²) in [5, 5.41) is 2.76. The van der Waals surface area contributed by atoms with Crippen LogP contribution in [-0.4, -0.2) is 11.8 Å². The van der Waals surface area contributed by atoms with Crippen LogP contribution >= 0.6 is 11.6 Å². The number of carbonyl (C=O) groups excluding carboxylic acids is 2. The highest BCUT2D eigenvalue weighted by Gasteiger charge is 2.39. The molecule has 4 nitrogen and oxygen atoms in total. The molecule has 0 radical (unpaired) electrons. The van der Waals surface area contributed by atoms with Crippen LogP contribution in [0.25, 0.3) is 0 Å². The minimum absolute atomic E-state index is 0.0136. The molecule has 1 heterocycles. The van der Waals surface area contributed by atoms with Crippen molar-refractivity contribution >= 4 is 34.8 Å². The largest absolute Gasteiger partial charge is 0.349 e. The monoisotopic (exact) mass is 344 g/mol. The van der Waals surface area contributed by atoms with Gasteiger partial charge in [0.15, 0.2) is 0 Å². The van der Waals surface area contributed by atoms with E-state index >= 15 is 0 Å². The van der Waals surface area contributed by atoms with Crippen LogP contribution < -0.4 is 10.2 Å². The van der Waals surface area contributed by atoms with Gasteiger partial charge in [-0.05, 0) is 55.3 Å². The maximum atomic E-state index is 13.1. The average Bonchev–Trinajstić information content (AvgIpc) is 2.76. The lowest BCUT2D eigenvalue weighted by atomic mass is 10.1. The first-order valence-electron chi connectivity index (χ1n) is 7.27. The van der Waals surface area contributed by atoms with Crippen LogP contribution in [0.1, 0.15) is 11.1 Å². The van der Waals surface area contributed by atoms with E-state index in [1.807, 2.05) is 32.0 Å². The van der Waals surface area contributed by atoms with Gasteiger partial charge in [-0.25, -0.2) is 9.29 Å². The number of nitrogens with one attached hydrogen (secondary N) is 1. The fourth-order valence-electron chi connectivity index (χ4n) is 2.44. The van der Waals surface area contributed by atoms with E-state index in [1.54, 1.807) is 0 Å². The van der Waals surface area contributed by atoms with Crippen molar-refractivity contribution in [1.82, 2.24) is 0 Å². The molecule has 24 heavy (non-hydrogen) atoms. The molecule has 2 aromatic carbocycles. The van der Waals surface area contributed by atoms with Gasteiger partial charge in [0, 0.05) is 5.69 Å². The summed E-state index contributed by atoms with van der Waals surface area (Å²) in [6, 6.07) is 10.8. The molecule has 0 atom stereocenters. The Morgan fingerprint density at radius 2 is 1.67 bits per heavy atom. The summed E-state index contributed by atoms with van der Waals surface area (Å²) in [4.78, 5) is 25.9. The van der Waals surface area contributed by atoms with Crippen molar-refractivity contribution in [3.05, 3.63) is 70.1 Å². The van der Waals surface area contributed by atoms with Crippen LogP contribution in [0.2, 0.25) is 0 Å². The number of anilines is 2. The Morgan fingerprint density at radius 3 is 2.33 bits per heavy atom. The second kappa shape index (κ2) is 6.09. The van der Waals surface area contributed by atoms with Gasteiger partial charge in [0.1, 0.15) is 16.5 Å². The van der Waals surface area contributed by atoms with Crippen LogP contribution in [0.3, 0.4) is 0 Å². The van der Waals surface area contributed by atoms with Crippen molar-refractivity contribution < 1.29 is 14.0 Å². The first-order chi connectivity index (χ1) is 11.4. The molecule has 0 fully saturated rings. The predicted octanol–water partition coefficient (Wildman–Crippen LogP) is 3.88. The third-order valence-corrected chi connectivity index (χ3v) is 4.12. The van der Waals surface area contributed by atoms with Crippen LogP contribution in [0.5, 0.6) is 0 Å². The van der Waals surface area contributed by atoms with Gasteiger partial charge in [-0.1, -0.05) is 23.7 Å². The topological polar surface area (TPSA) is 49.4 Å². The second-order valence-corrected chi connectivity index (χ2v) is 5.93. The third kappa shape index (κ3) is 2.78. The molecule has 122 valence electrons. The van der Waals surface area contributed by atoms with Gasteiger partial charge in [0.2, 0.25) is 0 Å². The van der Waals surface area contributed by atoms with Crippen LogP contribution in [0.4, 0.5) is 15.8 Å². The Hall–Kier alpha value is -2.66. The van der Waals surface area contributed by atoms with Crippen molar-refractivity contribution in [3.8, 4) is 0 Å². The second-order valence-electron chi connectivity index (χ2n) is 5.55. The highest BCUT2D eigenvalue weighted by atomic mass is 35.5. The Bertz CT molecular complexity index is 875. The van der Waals surface area contributed by atoms with Crippen molar-refractivity contribution in [3.63, 3.8) is 0 Å². The molecule has 1 N–H and O–H groups in total. The van der Waals surface area contributed by atoms with Crippen molar-refractivity contribution in [2.75, 3.05) is 10.2 Å². The summed E-state index contributed by atoms with van der Waals surface area (Å²) in [6.07, 6.45) is 0. The molecule has 2 amide bonds. The summed E-state index contributed by atoms with van der Waals surface area (Å²) < 4.78 is 13.1. The van der Waals surface area contributed by atoms with Crippen molar-refractivity contribution in [2.24, 2.45) is 0 Å². The normalized spacial score (nSPS) is 14.6. The lowest BCUT2D eigenvalue weighted by Gasteiger charge is -2.15. The molecule has 6 heteroatoms. The number of benzene rings is 2. The molecular formula is C18H14ClFN2O2. The summed E-state index contributed by atoms with van der Waals surface area (Å²) in [5.74, 6) is -1.66. The molecule has 3 rings (SSSR count). The molecule has 1 aliphatic heterocycles. The zero-order chi connectivity index (χ0) is 17.4. The molecular weight excluding hydrogens is 331 g/mol. The molecule has 0 spiro atoms. The summed E-state index contributed by atoms with van der Waals surface area (Å²) in [7, 11) is 0. The number of hydrogen-bond acceptors (Lipinski definition) is 3. The number of halogens is 2. The van der Waals surface area contributed by atoms with Gasteiger partial charge >= 0.3 is 0 Å². The zero-order valence-electron chi connectivity index (χ0n) is 13.1. The molecule has 0 saturated heterocycles. The van der Waals surface area contributed by atoms with Gasteiger partial charge in [-0.2, -0.15) is 0 Å². The fourth-order valence-corrected chi connectivity index (χ4v) is 2.65. The molecule has 1 aliphatic rings. The van der Waals surface area contributed by atoms with E-state index < -0.39 is 17.6 Å². The molecule has 2 aromatic rings. The number of hydrogen-bond donors (Lipinski definition) is 1. The zero-order valence-corrected chi connectivity index (χ0v) is 13.8. The third-order valence-electron chi connectivity index (χ3n) is 3.76. The first kappa shape index (κ1) is 16.2. The Kier molecular flexibility index (Phi) is 4.11. The number of amides is 2. The van der Waals surface area contributed by atoms with Crippen LogP contribution in [0, 0.1) is 19.7 Å². The molecule has 0 saturated carbocycles. The minimum Gasteiger partial charge on any atom is -0.349 e. The molecule has 0 aliphatic carbocycles. The van der Waals surface area contributed by atoms with Crippen LogP contribution in [0.15, 0.2) is 53.2 Å². The highest BCUT2D eigenvalue weighted by Crippen LogP contribution is 2.31. The van der Waals surface area contributed by atoms with Gasteiger partial charge in [-0.15, -0.1) is 0 Å². The SMILES string of the molecule is Cc1ccc(C)c(NC2=C(Cl)C(=O)N(c3ccc(F)cc3)C2=O)c1. The van der Waals surface area contributed by atoms with E-state index in [2.05, 4.69) is 5.32 Å². The number of imide groups is 1. The number of nitrogens with zero attached hydrogens (tertiary/aromatic N) is 1. The van der Waals surface area contributed by atoms with Gasteiger partial charge in [0.05, 0.1) is 5.69 Å². The lowest BCUT2D eigenvalue weighted by molar-refractivity contribution is -0.120. The Balaban J connectivity index is 1.94. The highest BCUT2D eigenvalue weighted by molar-refractivity contribution is 6.53. The molecule has 0 bridgehead atoms. The molecule has 0 unspecified atom stereocenters. The van der Waals surface area contributed by atoms with Gasteiger partial charge < -0.3 is 5.32 Å². The van der Waals surface area contributed by atoms with Crippen LogP contribution in [-0.2, 0) is 9.59 Å². The maximum absolute atomic E-state index is 13.1. The number of aryl methyl sites for hydroxylation is 2.